The van der Waals surface area contributed by atoms with Crippen LogP contribution in [0.15, 0.2) is 41.4 Å². The zero-order chi connectivity index (χ0) is 9.68. The molecule has 1 nitrogen and oxygen atoms in total. The van der Waals surface area contributed by atoms with Gasteiger partial charge in [-0.1, -0.05) is 59.9 Å². The molecule has 1 rings (SSSR count). The normalized spacial score (nSPS) is 40.1. The average Bonchev–Trinajstić information content (AvgIpc) is 2.08. The molecule has 0 saturated heterocycles. The van der Waals surface area contributed by atoms with Crippen molar-refractivity contribution in [2.75, 3.05) is 0 Å². The molecule has 0 spiro atoms. The Morgan fingerprint density at radius 1 is 1.23 bits per heavy atom. The fourth-order valence-corrected chi connectivity index (χ4v) is 2.47. The van der Waals surface area contributed by atoms with Crippen molar-refractivity contribution >= 4 is 48.9 Å². The van der Waals surface area contributed by atoms with E-state index in [9.17, 15) is 0 Å². The van der Waals surface area contributed by atoms with E-state index in [4.69, 9.17) is 0 Å². The Kier molecular flexibility index (Phi) is 5.23. The van der Waals surface area contributed by atoms with E-state index in [2.05, 4.69) is 93.6 Å². The zero-order valence-electron chi connectivity index (χ0n) is 7.32. The van der Waals surface area contributed by atoms with E-state index in [1.807, 2.05) is 0 Å². The van der Waals surface area contributed by atoms with Crippen molar-refractivity contribution in [2.45, 2.75) is 11.0 Å². The molecule has 0 radical (unpaired) electrons. The Balaban J connectivity index is 2.83. The van der Waals surface area contributed by atoms with E-state index < -0.39 is 0 Å². The first-order valence-electron chi connectivity index (χ1n) is 4.09. The van der Waals surface area contributed by atoms with E-state index in [-0.39, 0.29) is 4.05 Å². The number of halogens is 2. The third-order valence-corrected chi connectivity index (χ3v) is 2.91. The smallest absolute Gasteiger partial charge is 0.121 e. The number of hydrogen-bond donors (Lipinski definition) is 0. The van der Waals surface area contributed by atoms with Crippen molar-refractivity contribution < 1.29 is 0 Å². The van der Waals surface area contributed by atoms with Crippen molar-refractivity contribution in [3.63, 3.8) is 0 Å². The van der Waals surface area contributed by atoms with Gasteiger partial charge in [-0.15, -0.1) is 0 Å². The molecule has 1 aliphatic rings. The van der Waals surface area contributed by atoms with Crippen LogP contribution in [0.1, 0.15) is 6.92 Å². The van der Waals surface area contributed by atoms with Gasteiger partial charge in [0, 0.05) is 0 Å². The van der Waals surface area contributed by atoms with E-state index >= 15 is 0 Å². The minimum absolute atomic E-state index is 0.243. The van der Waals surface area contributed by atoms with Gasteiger partial charge in [-0.25, -0.2) is 0 Å². The van der Waals surface area contributed by atoms with Crippen LogP contribution in [0.25, 0.3) is 0 Å². The van der Waals surface area contributed by atoms with Crippen LogP contribution in [0.3, 0.4) is 0 Å². The number of nitrogens with zero attached hydrogens (tertiary/aromatic N) is 1. The highest BCUT2D eigenvalue weighted by Gasteiger charge is 1.97. The first-order chi connectivity index (χ1) is 6.18. The molecule has 0 aromatic heterocycles. The van der Waals surface area contributed by atoms with Crippen LogP contribution in [0.5, 0.6) is 0 Å². The molecule has 70 valence electrons. The van der Waals surface area contributed by atoms with E-state index in [0.29, 0.717) is 5.92 Å². The van der Waals surface area contributed by atoms with Gasteiger partial charge in [0.15, 0.2) is 0 Å². The molecule has 2 atom stereocenters. The van der Waals surface area contributed by atoms with Gasteiger partial charge in [-0.2, -0.15) is 0 Å². The van der Waals surface area contributed by atoms with E-state index in [0.717, 1.165) is 3.72 Å². The Bertz CT molecular complexity index is 277. The number of alkyl halides is 1. The fourth-order valence-electron chi connectivity index (χ4n) is 0.894. The minimum Gasteiger partial charge on any atom is -0.261 e. The van der Waals surface area contributed by atoms with Crippen LogP contribution in [0.4, 0.5) is 0 Å². The molecule has 0 aromatic rings. The summed E-state index contributed by atoms with van der Waals surface area (Å²) < 4.78 is 1.30. The van der Waals surface area contributed by atoms with Gasteiger partial charge in [-0.3, -0.25) is 4.99 Å². The van der Waals surface area contributed by atoms with Crippen molar-refractivity contribution in [3.05, 3.63) is 36.5 Å². The lowest BCUT2D eigenvalue weighted by Crippen LogP contribution is -1.93. The minimum atomic E-state index is 0.243. The summed E-state index contributed by atoms with van der Waals surface area (Å²) in [6, 6.07) is 0. The van der Waals surface area contributed by atoms with Gasteiger partial charge < -0.3 is 0 Å². The lowest BCUT2D eigenvalue weighted by Gasteiger charge is -2.01. The largest absolute Gasteiger partial charge is 0.261 e. The second-order valence-electron chi connectivity index (χ2n) is 2.81. The molecule has 0 aliphatic carbocycles. The quantitative estimate of drug-likeness (QED) is 0.333. The Morgan fingerprint density at radius 3 is 2.69 bits per heavy atom. The summed E-state index contributed by atoms with van der Waals surface area (Å²) in [4.78, 5) is 4.46. The molecule has 2 unspecified atom stereocenters. The van der Waals surface area contributed by atoms with Crippen molar-refractivity contribution in [1.82, 2.24) is 0 Å². The summed E-state index contributed by atoms with van der Waals surface area (Å²) in [5, 5.41) is 0. The monoisotopic (exact) mass is 399 g/mol. The fraction of sp³-hybridized carbons (Fsp3) is 0.300. The van der Waals surface area contributed by atoms with Crippen molar-refractivity contribution in [1.29, 1.82) is 0 Å². The first kappa shape index (κ1) is 11.4. The molecule has 0 bridgehead atoms. The standard InChI is InChI=1S/C10H11I2N/c1-8-4-2-3-5-9(11)13-10(12)7-6-8/h2-9H,1H3/b4-2-,5-3-,7-6-,13-10-. The van der Waals surface area contributed by atoms with Gasteiger partial charge in [0.05, 0.1) is 3.72 Å². The lowest BCUT2D eigenvalue weighted by atomic mass is 10.1. The third-order valence-electron chi connectivity index (χ3n) is 1.58. The van der Waals surface area contributed by atoms with Crippen LogP contribution in [0.2, 0.25) is 0 Å². The first-order valence-corrected chi connectivity index (χ1v) is 6.41. The predicted molar refractivity (Wildman–Crippen MR) is 75.8 cm³/mol. The molecule has 0 aromatic carbocycles. The van der Waals surface area contributed by atoms with Crippen molar-refractivity contribution in [3.8, 4) is 0 Å². The van der Waals surface area contributed by atoms with E-state index in [1.165, 1.54) is 0 Å². The molecule has 0 fully saturated rings. The Hall–Kier alpha value is 0.350. The van der Waals surface area contributed by atoms with Crippen LogP contribution < -0.4 is 0 Å². The maximum Gasteiger partial charge on any atom is 0.121 e. The molecule has 3 heteroatoms. The zero-order valence-corrected chi connectivity index (χ0v) is 11.6. The summed E-state index contributed by atoms with van der Waals surface area (Å²) in [6.45, 7) is 2.16. The van der Waals surface area contributed by atoms with Gasteiger partial charge in [0.1, 0.15) is 4.05 Å². The molecule has 0 N–H and O–H groups in total. The van der Waals surface area contributed by atoms with E-state index in [1.54, 1.807) is 0 Å². The second kappa shape index (κ2) is 5.95. The van der Waals surface area contributed by atoms with Crippen LogP contribution in [0, 0.1) is 5.92 Å². The number of allylic oxidation sites excluding steroid dienone is 5. The molecular weight excluding hydrogens is 388 g/mol. The number of aliphatic imine (C=N–C) groups is 1. The summed E-state index contributed by atoms with van der Waals surface area (Å²) in [7, 11) is 0. The Morgan fingerprint density at radius 2 is 1.92 bits per heavy atom. The number of hydrogen-bond acceptors (Lipinski definition) is 1. The third kappa shape index (κ3) is 4.95. The SMILES string of the molecule is CC1/C=C\C=C/C(I)/N=C(I)/C=C\1. The second-order valence-corrected chi connectivity index (χ2v) is 5.19. The van der Waals surface area contributed by atoms with Gasteiger partial charge >= 0.3 is 0 Å². The van der Waals surface area contributed by atoms with Crippen LogP contribution in [-0.2, 0) is 0 Å². The van der Waals surface area contributed by atoms with Crippen LogP contribution in [-0.4, -0.2) is 7.77 Å². The van der Waals surface area contributed by atoms with Gasteiger partial charge in [0.25, 0.3) is 0 Å². The lowest BCUT2D eigenvalue weighted by molar-refractivity contribution is 0.941. The maximum atomic E-state index is 4.46. The topological polar surface area (TPSA) is 12.4 Å². The Labute approximate surface area is 106 Å². The molecule has 1 aliphatic heterocycles. The molecule has 13 heavy (non-hydrogen) atoms. The highest BCUT2D eigenvalue weighted by Crippen LogP contribution is 2.11. The predicted octanol–water partition coefficient (Wildman–Crippen LogP) is 3.90. The molecule has 1 heterocycles. The summed E-state index contributed by atoms with van der Waals surface area (Å²) in [6.07, 6.45) is 12.6. The number of rotatable bonds is 0. The summed E-state index contributed by atoms with van der Waals surface area (Å²) in [5.74, 6) is 0.482. The van der Waals surface area contributed by atoms with Gasteiger partial charge in [0.2, 0.25) is 0 Å². The summed E-state index contributed by atoms with van der Waals surface area (Å²) >= 11 is 4.56. The molecule has 0 amide bonds. The van der Waals surface area contributed by atoms with Crippen molar-refractivity contribution in [2.24, 2.45) is 10.9 Å². The molecule has 0 saturated carbocycles. The average molecular weight is 399 g/mol. The highest BCUT2D eigenvalue weighted by atomic mass is 127. The van der Waals surface area contributed by atoms with Gasteiger partial charge in [-0.05, 0) is 34.6 Å². The summed E-state index contributed by atoms with van der Waals surface area (Å²) in [5.41, 5.74) is 0. The maximum absolute atomic E-state index is 4.46. The molecular formula is C10H11I2N. The van der Waals surface area contributed by atoms with Crippen LogP contribution >= 0.6 is 45.2 Å². The highest BCUT2D eigenvalue weighted by molar-refractivity contribution is 14.1.